The second-order valence-corrected chi connectivity index (χ2v) is 5.82. The van der Waals surface area contributed by atoms with E-state index >= 15 is 0 Å². The van der Waals surface area contributed by atoms with Crippen molar-refractivity contribution in [3.63, 3.8) is 0 Å². The third-order valence-electron chi connectivity index (χ3n) is 3.78. The van der Waals surface area contributed by atoms with E-state index in [1.54, 1.807) is 7.11 Å². The molecule has 0 saturated carbocycles. The van der Waals surface area contributed by atoms with Crippen LogP contribution in [0.15, 0.2) is 42.5 Å². The van der Waals surface area contributed by atoms with Gasteiger partial charge in [-0.2, -0.15) is 0 Å². The minimum Gasteiger partial charge on any atom is -0.496 e. The van der Waals surface area contributed by atoms with Gasteiger partial charge in [0.1, 0.15) is 18.1 Å². The molecule has 4 heteroatoms. The summed E-state index contributed by atoms with van der Waals surface area (Å²) in [4.78, 5) is 11.9. The first kappa shape index (κ1) is 17.9. The zero-order valence-corrected chi connectivity index (χ0v) is 14.6. The molecule has 1 amide bonds. The van der Waals surface area contributed by atoms with Gasteiger partial charge in [-0.05, 0) is 55.2 Å². The van der Waals surface area contributed by atoms with Gasteiger partial charge in [0, 0.05) is 6.42 Å². The van der Waals surface area contributed by atoms with E-state index in [0.717, 1.165) is 34.6 Å². The maximum absolute atomic E-state index is 11.9. The molecule has 0 unspecified atom stereocenters. The lowest BCUT2D eigenvalue weighted by Gasteiger charge is -2.09. The number of hydrogen-bond donors (Lipinski definition) is 1. The molecule has 0 bridgehead atoms. The quantitative estimate of drug-likeness (QED) is 0.756. The molecule has 0 radical (unpaired) electrons. The van der Waals surface area contributed by atoms with Crippen LogP contribution in [0, 0.1) is 13.8 Å². The number of carbonyl (C=O) groups is 1. The SMILES string of the molecule is COc1ccc(CCC(=O)NCCOc2cccc(C)c2)cc1C. The standard InChI is InChI=1S/C20H25NO3/c1-15-5-4-6-18(13-15)24-12-11-21-20(22)10-8-17-7-9-19(23-3)16(2)14-17/h4-7,9,13-14H,8,10-12H2,1-3H3,(H,21,22). The fourth-order valence-corrected chi connectivity index (χ4v) is 2.51. The molecule has 0 spiro atoms. The number of nitrogens with one attached hydrogen (secondary N) is 1. The maximum Gasteiger partial charge on any atom is 0.220 e. The van der Waals surface area contributed by atoms with E-state index in [4.69, 9.17) is 9.47 Å². The molecule has 1 N–H and O–H groups in total. The molecule has 2 aromatic rings. The van der Waals surface area contributed by atoms with Gasteiger partial charge in [-0.25, -0.2) is 0 Å². The van der Waals surface area contributed by atoms with Gasteiger partial charge >= 0.3 is 0 Å². The van der Waals surface area contributed by atoms with Gasteiger partial charge in [0.15, 0.2) is 0 Å². The number of hydrogen-bond acceptors (Lipinski definition) is 3. The molecular weight excluding hydrogens is 302 g/mol. The Hall–Kier alpha value is -2.49. The highest BCUT2D eigenvalue weighted by Crippen LogP contribution is 2.19. The lowest BCUT2D eigenvalue weighted by Crippen LogP contribution is -2.28. The second kappa shape index (κ2) is 8.96. The van der Waals surface area contributed by atoms with E-state index in [2.05, 4.69) is 11.4 Å². The number of rotatable bonds is 8. The van der Waals surface area contributed by atoms with Crippen molar-refractivity contribution in [3.05, 3.63) is 59.2 Å². The van der Waals surface area contributed by atoms with E-state index in [1.165, 1.54) is 0 Å². The maximum atomic E-state index is 11.9. The van der Waals surface area contributed by atoms with E-state index in [0.29, 0.717) is 19.6 Å². The van der Waals surface area contributed by atoms with Crippen LogP contribution in [0.4, 0.5) is 0 Å². The summed E-state index contributed by atoms with van der Waals surface area (Å²) in [5.74, 6) is 1.74. The third-order valence-corrected chi connectivity index (χ3v) is 3.78. The molecule has 0 aliphatic rings. The van der Waals surface area contributed by atoms with E-state index < -0.39 is 0 Å². The van der Waals surface area contributed by atoms with Crippen LogP contribution >= 0.6 is 0 Å². The zero-order chi connectivity index (χ0) is 17.4. The van der Waals surface area contributed by atoms with Crippen LogP contribution in [0.3, 0.4) is 0 Å². The Bertz CT molecular complexity index is 682. The number of methoxy groups -OCH3 is 1. The molecule has 0 fully saturated rings. The number of aryl methyl sites for hydroxylation is 3. The Balaban J connectivity index is 1.67. The summed E-state index contributed by atoms with van der Waals surface area (Å²) < 4.78 is 10.9. The molecule has 0 aliphatic carbocycles. The number of carbonyl (C=O) groups excluding carboxylic acids is 1. The van der Waals surface area contributed by atoms with Gasteiger partial charge in [-0.1, -0.05) is 24.3 Å². The summed E-state index contributed by atoms with van der Waals surface area (Å²) in [6.45, 7) is 5.01. The van der Waals surface area contributed by atoms with Crippen molar-refractivity contribution in [3.8, 4) is 11.5 Å². The Morgan fingerprint density at radius 2 is 1.96 bits per heavy atom. The van der Waals surface area contributed by atoms with E-state index in [1.807, 2.05) is 50.2 Å². The zero-order valence-electron chi connectivity index (χ0n) is 14.6. The van der Waals surface area contributed by atoms with Gasteiger partial charge in [0.2, 0.25) is 5.91 Å². The molecule has 128 valence electrons. The van der Waals surface area contributed by atoms with Crippen LogP contribution in [0.25, 0.3) is 0 Å². The monoisotopic (exact) mass is 327 g/mol. The normalized spacial score (nSPS) is 10.3. The molecule has 4 nitrogen and oxygen atoms in total. The second-order valence-electron chi connectivity index (χ2n) is 5.82. The highest BCUT2D eigenvalue weighted by Gasteiger charge is 2.04. The minimum absolute atomic E-state index is 0.0383. The highest BCUT2D eigenvalue weighted by molar-refractivity contribution is 5.76. The van der Waals surface area contributed by atoms with Crippen LogP contribution in [-0.2, 0) is 11.2 Å². The van der Waals surface area contributed by atoms with Gasteiger partial charge in [0.25, 0.3) is 0 Å². The summed E-state index contributed by atoms with van der Waals surface area (Å²) in [5, 5.41) is 2.89. The van der Waals surface area contributed by atoms with Gasteiger partial charge < -0.3 is 14.8 Å². The summed E-state index contributed by atoms with van der Waals surface area (Å²) in [6.07, 6.45) is 1.19. The molecule has 0 aromatic heterocycles. The first-order valence-corrected chi connectivity index (χ1v) is 8.18. The van der Waals surface area contributed by atoms with Crippen LogP contribution < -0.4 is 14.8 Å². The smallest absolute Gasteiger partial charge is 0.220 e. The molecule has 24 heavy (non-hydrogen) atoms. The van der Waals surface area contributed by atoms with Crippen LogP contribution in [0.1, 0.15) is 23.1 Å². The van der Waals surface area contributed by atoms with Crippen LogP contribution in [0.5, 0.6) is 11.5 Å². The van der Waals surface area contributed by atoms with Crippen molar-refractivity contribution in [2.75, 3.05) is 20.3 Å². The summed E-state index contributed by atoms with van der Waals surface area (Å²) in [5.41, 5.74) is 3.38. The molecule has 0 aliphatic heterocycles. The van der Waals surface area contributed by atoms with Crippen molar-refractivity contribution in [2.45, 2.75) is 26.7 Å². The van der Waals surface area contributed by atoms with Gasteiger partial charge in [0.05, 0.1) is 13.7 Å². The molecule has 0 saturated heterocycles. The Morgan fingerprint density at radius 1 is 1.12 bits per heavy atom. The Morgan fingerprint density at radius 3 is 2.67 bits per heavy atom. The first-order chi connectivity index (χ1) is 11.6. The van der Waals surface area contributed by atoms with E-state index in [9.17, 15) is 4.79 Å². The van der Waals surface area contributed by atoms with Crippen molar-refractivity contribution in [2.24, 2.45) is 0 Å². The predicted molar refractivity (Wildman–Crippen MR) is 95.7 cm³/mol. The summed E-state index contributed by atoms with van der Waals surface area (Å²) in [7, 11) is 1.66. The lowest BCUT2D eigenvalue weighted by molar-refractivity contribution is -0.121. The first-order valence-electron chi connectivity index (χ1n) is 8.18. The summed E-state index contributed by atoms with van der Waals surface area (Å²) in [6, 6.07) is 13.9. The van der Waals surface area contributed by atoms with Crippen molar-refractivity contribution in [1.82, 2.24) is 5.32 Å². The predicted octanol–water partition coefficient (Wildman–Crippen LogP) is 3.44. The minimum atomic E-state index is 0.0383. The van der Waals surface area contributed by atoms with E-state index in [-0.39, 0.29) is 5.91 Å². The lowest BCUT2D eigenvalue weighted by atomic mass is 10.1. The number of benzene rings is 2. The Kier molecular flexibility index (Phi) is 6.67. The van der Waals surface area contributed by atoms with Crippen LogP contribution in [-0.4, -0.2) is 26.2 Å². The molecular formula is C20H25NO3. The van der Waals surface area contributed by atoms with Gasteiger partial charge in [-0.15, -0.1) is 0 Å². The van der Waals surface area contributed by atoms with Crippen LogP contribution in [0.2, 0.25) is 0 Å². The largest absolute Gasteiger partial charge is 0.496 e. The molecule has 2 aromatic carbocycles. The number of ether oxygens (including phenoxy) is 2. The van der Waals surface area contributed by atoms with Gasteiger partial charge in [-0.3, -0.25) is 4.79 Å². The van der Waals surface area contributed by atoms with Crippen molar-refractivity contribution < 1.29 is 14.3 Å². The molecule has 0 atom stereocenters. The molecule has 2 rings (SSSR count). The summed E-state index contributed by atoms with van der Waals surface area (Å²) >= 11 is 0. The fraction of sp³-hybridized carbons (Fsp3) is 0.350. The Labute approximate surface area is 143 Å². The average Bonchev–Trinajstić information content (AvgIpc) is 2.57. The number of amides is 1. The molecule has 0 heterocycles. The van der Waals surface area contributed by atoms with Crippen molar-refractivity contribution >= 4 is 5.91 Å². The van der Waals surface area contributed by atoms with Crippen molar-refractivity contribution in [1.29, 1.82) is 0 Å². The fourth-order valence-electron chi connectivity index (χ4n) is 2.51. The third kappa shape index (κ3) is 5.61. The average molecular weight is 327 g/mol. The topological polar surface area (TPSA) is 47.6 Å². The highest BCUT2D eigenvalue weighted by atomic mass is 16.5.